The molecule has 0 radical (unpaired) electrons. The summed E-state index contributed by atoms with van der Waals surface area (Å²) in [5.74, 6) is -0.309. The van der Waals surface area contributed by atoms with Crippen LogP contribution in [-0.4, -0.2) is 5.91 Å². The van der Waals surface area contributed by atoms with E-state index in [-0.39, 0.29) is 11.3 Å². The average molecular weight is 345 g/mol. The molecular formula is C24H27NO. The van der Waals surface area contributed by atoms with Gasteiger partial charge in [0.15, 0.2) is 0 Å². The molecule has 0 aromatic heterocycles. The molecule has 4 rings (SSSR count). The fraction of sp³-hybridized carbons (Fsp3) is 0.375. The van der Waals surface area contributed by atoms with E-state index in [1.54, 1.807) is 0 Å². The number of carbonyl (C=O) groups excluding carboxylic acids is 1. The van der Waals surface area contributed by atoms with Crippen LogP contribution in [0, 0.1) is 0 Å². The molecule has 1 amide bonds. The van der Waals surface area contributed by atoms with Gasteiger partial charge in [0.25, 0.3) is 0 Å². The molecule has 0 atom stereocenters. The lowest BCUT2D eigenvalue weighted by Gasteiger charge is -2.28. The number of primary amides is 1. The van der Waals surface area contributed by atoms with E-state index in [0.29, 0.717) is 5.56 Å². The fourth-order valence-electron chi connectivity index (χ4n) is 4.24. The summed E-state index contributed by atoms with van der Waals surface area (Å²) < 4.78 is 0. The lowest BCUT2D eigenvalue weighted by Crippen LogP contribution is -2.21. The molecule has 0 aliphatic heterocycles. The number of nitrogens with two attached hydrogens (primary N) is 1. The fourth-order valence-corrected chi connectivity index (χ4v) is 4.24. The minimum absolute atomic E-state index is 0.104. The number of carbonyl (C=O) groups is 1. The van der Waals surface area contributed by atoms with Gasteiger partial charge >= 0.3 is 0 Å². The van der Waals surface area contributed by atoms with E-state index < -0.39 is 0 Å². The summed E-state index contributed by atoms with van der Waals surface area (Å²) >= 11 is 0. The number of benzene rings is 2. The summed E-state index contributed by atoms with van der Waals surface area (Å²) in [5.41, 5.74) is 17.2. The smallest absolute Gasteiger partial charge is 0.248 e. The molecule has 26 heavy (non-hydrogen) atoms. The van der Waals surface area contributed by atoms with Crippen LogP contribution in [0.1, 0.15) is 72.3 Å². The van der Waals surface area contributed by atoms with Crippen molar-refractivity contribution in [3.8, 4) is 11.1 Å². The highest BCUT2D eigenvalue weighted by Crippen LogP contribution is 2.43. The first-order chi connectivity index (χ1) is 12.3. The number of amides is 1. The quantitative estimate of drug-likeness (QED) is 0.816. The molecule has 2 N–H and O–H groups in total. The maximum Gasteiger partial charge on any atom is 0.248 e. The molecule has 2 aromatic rings. The first kappa shape index (κ1) is 17.1. The molecule has 0 bridgehead atoms. The van der Waals surface area contributed by atoms with Gasteiger partial charge in [0.2, 0.25) is 5.91 Å². The topological polar surface area (TPSA) is 43.1 Å². The van der Waals surface area contributed by atoms with Crippen LogP contribution >= 0.6 is 0 Å². The van der Waals surface area contributed by atoms with Gasteiger partial charge in [-0.05, 0) is 76.1 Å². The minimum atomic E-state index is -0.309. The predicted molar refractivity (Wildman–Crippen MR) is 108 cm³/mol. The van der Waals surface area contributed by atoms with Gasteiger partial charge in [0.05, 0.1) is 0 Å². The second-order valence-electron chi connectivity index (χ2n) is 8.66. The van der Waals surface area contributed by atoms with Crippen molar-refractivity contribution < 1.29 is 4.79 Å². The van der Waals surface area contributed by atoms with Crippen LogP contribution in [0.4, 0.5) is 0 Å². The van der Waals surface area contributed by atoms with Crippen LogP contribution in [0.25, 0.3) is 17.2 Å². The van der Waals surface area contributed by atoms with Crippen molar-refractivity contribution in [2.45, 2.75) is 58.8 Å². The standard InChI is InChI=1S/C24H27NO/c1-5-14-10-15-12-16(24(2,3)4)13-22(21(15)11-14)19-8-9-20(23(25)26)18-7-6-17(18)19/h8-10,12-13H,5-7,11H2,1-4H3,(H2,25,26). The number of allylic oxidation sites excluding steroid dienone is 1. The molecule has 0 saturated carbocycles. The highest BCUT2D eigenvalue weighted by molar-refractivity contribution is 5.97. The van der Waals surface area contributed by atoms with Gasteiger partial charge in [-0.2, -0.15) is 0 Å². The molecule has 2 heteroatoms. The summed E-state index contributed by atoms with van der Waals surface area (Å²) in [6, 6.07) is 8.79. The third-order valence-corrected chi connectivity index (χ3v) is 5.98. The normalized spacial score (nSPS) is 15.2. The van der Waals surface area contributed by atoms with Crippen LogP contribution in [0.5, 0.6) is 0 Å². The van der Waals surface area contributed by atoms with Gasteiger partial charge < -0.3 is 5.73 Å². The van der Waals surface area contributed by atoms with Gasteiger partial charge in [-0.25, -0.2) is 0 Å². The van der Waals surface area contributed by atoms with Gasteiger partial charge in [-0.15, -0.1) is 0 Å². The van der Waals surface area contributed by atoms with Gasteiger partial charge in [-0.3, -0.25) is 4.79 Å². The second kappa shape index (κ2) is 5.84. The summed E-state index contributed by atoms with van der Waals surface area (Å²) in [4.78, 5) is 11.7. The van der Waals surface area contributed by atoms with Crippen molar-refractivity contribution in [2.75, 3.05) is 0 Å². The molecule has 2 nitrogen and oxygen atoms in total. The highest BCUT2D eigenvalue weighted by atomic mass is 16.1. The Balaban J connectivity index is 1.93. The summed E-state index contributed by atoms with van der Waals surface area (Å²) in [6.45, 7) is 9.04. The molecule has 0 heterocycles. The molecule has 2 aliphatic carbocycles. The Hall–Kier alpha value is -2.35. The summed E-state index contributed by atoms with van der Waals surface area (Å²) in [7, 11) is 0. The monoisotopic (exact) mass is 345 g/mol. The van der Waals surface area contributed by atoms with E-state index in [2.05, 4.69) is 52.0 Å². The molecule has 134 valence electrons. The lowest BCUT2D eigenvalue weighted by atomic mass is 9.76. The van der Waals surface area contributed by atoms with Crippen LogP contribution in [-0.2, 0) is 24.7 Å². The van der Waals surface area contributed by atoms with Crippen molar-refractivity contribution in [3.63, 3.8) is 0 Å². The molecule has 2 aliphatic rings. The molecular weight excluding hydrogens is 318 g/mol. The third-order valence-electron chi connectivity index (χ3n) is 5.98. The van der Waals surface area contributed by atoms with Crippen LogP contribution in [0.2, 0.25) is 0 Å². The van der Waals surface area contributed by atoms with Crippen LogP contribution in [0.3, 0.4) is 0 Å². The Kier molecular flexibility index (Phi) is 3.83. The lowest BCUT2D eigenvalue weighted by molar-refractivity contribution is 0.0999. The van der Waals surface area contributed by atoms with Crippen molar-refractivity contribution in [1.29, 1.82) is 0 Å². The minimum Gasteiger partial charge on any atom is -0.366 e. The first-order valence-corrected chi connectivity index (χ1v) is 9.61. The second-order valence-corrected chi connectivity index (χ2v) is 8.66. The summed E-state index contributed by atoms with van der Waals surface area (Å²) in [5, 5.41) is 0. The van der Waals surface area contributed by atoms with E-state index in [1.807, 2.05) is 6.07 Å². The van der Waals surface area contributed by atoms with Gasteiger partial charge in [0.1, 0.15) is 0 Å². The first-order valence-electron chi connectivity index (χ1n) is 9.61. The Morgan fingerprint density at radius 3 is 2.35 bits per heavy atom. The van der Waals surface area contributed by atoms with Gasteiger partial charge in [-0.1, -0.05) is 57.5 Å². The highest BCUT2D eigenvalue weighted by Gasteiger charge is 2.27. The Bertz CT molecular complexity index is 957. The van der Waals surface area contributed by atoms with Crippen LogP contribution in [0.15, 0.2) is 29.8 Å². The maximum absolute atomic E-state index is 11.7. The molecule has 2 aromatic carbocycles. The van der Waals surface area contributed by atoms with Crippen LogP contribution < -0.4 is 5.73 Å². The van der Waals surface area contributed by atoms with Crippen molar-refractivity contribution in [3.05, 3.63) is 63.2 Å². The SMILES string of the molecule is CCC1=Cc2cc(C(C)(C)C)cc(-c3ccc(C(N)=O)c4c3CC4)c2C1. The predicted octanol–water partition coefficient (Wildman–Crippen LogP) is 5.20. The van der Waals surface area contributed by atoms with Crippen molar-refractivity contribution in [1.82, 2.24) is 0 Å². The molecule has 0 fully saturated rings. The zero-order chi connectivity index (χ0) is 18.6. The van der Waals surface area contributed by atoms with E-state index >= 15 is 0 Å². The Morgan fingerprint density at radius 2 is 1.77 bits per heavy atom. The third kappa shape index (κ3) is 2.59. The average Bonchev–Trinajstić information content (AvgIpc) is 2.96. The number of rotatable bonds is 3. The Labute approximate surface area is 156 Å². The van der Waals surface area contributed by atoms with Crippen molar-refractivity contribution >= 4 is 12.0 Å². The maximum atomic E-state index is 11.7. The van der Waals surface area contributed by atoms with Crippen molar-refractivity contribution in [2.24, 2.45) is 5.73 Å². The molecule has 0 saturated heterocycles. The zero-order valence-electron chi connectivity index (χ0n) is 16.2. The summed E-state index contributed by atoms with van der Waals surface area (Å²) in [6.07, 6.45) is 6.50. The number of fused-ring (bicyclic) bond motifs is 2. The molecule has 0 spiro atoms. The largest absolute Gasteiger partial charge is 0.366 e. The van der Waals surface area contributed by atoms with E-state index in [9.17, 15) is 4.79 Å². The van der Waals surface area contributed by atoms with E-state index in [4.69, 9.17) is 5.73 Å². The number of hydrogen-bond acceptors (Lipinski definition) is 1. The van der Waals surface area contributed by atoms with Gasteiger partial charge in [0, 0.05) is 5.56 Å². The van der Waals surface area contributed by atoms with E-state index in [0.717, 1.165) is 31.2 Å². The zero-order valence-corrected chi connectivity index (χ0v) is 16.2. The van der Waals surface area contributed by atoms with E-state index in [1.165, 1.54) is 39.0 Å². The Morgan fingerprint density at radius 1 is 1.04 bits per heavy atom. The number of hydrogen-bond donors (Lipinski definition) is 1. The molecule has 0 unspecified atom stereocenters.